The van der Waals surface area contributed by atoms with Gasteiger partial charge >= 0.3 is 5.97 Å². The minimum atomic E-state index is -1.41. The molecule has 1 N–H and O–H groups in total. The predicted molar refractivity (Wildman–Crippen MR) is 48.1 cm³/mol. The van der Waals surface area contributed by atoms with Gasteiger partial charge in [0, 0.05) is 19.2 Å². The second-order valence-electron chi connectivity index (χ2n) is 2.87. The number of aliphatic hydroxyl groups is 1. The lowest BCUT2D eigenvalue weighted by Gasteiger charge is -2.19. The molecule has 5 heteroatoms. The third-order valence-electron chi connectivity index (χ3n) is 2.06. The van der Waals surface area contributed by atoms with Crippen LogP contribution in [0.5, 0.6) is 0 Å². The van der Waals surface area contributed by atoms with Gasteiger partial charge in [0.05, 0.1) is 5.57 Å². The van der Waals surface area contributed by atoms with Gasteiger partial charge in [-0.05, 0) is 13.8 Å². The Labute approximate surface area is 82.0 Å². The minimum Gasteiger partial charge on any atom is -0.428 e. The Bertz CT molecular complexity index is 281. The number of cyclic esters (lactones) is 1. The van der Waals surface area contributed by atoms with E-state index in [4.69, 9.17) is 0 Å². The minimum absolute atomic E-state index is 0.0127. The van der Waals surface area contributed by atoms with E-state index in [0.717, 1.165) is 6.08 Å². The van der Waals surface area contributed by atoms with E-state index in [-0.39, 0.29) is 11.5 Å². The van der Waals surface area contributed by atoms with Crippen LogP contribution in [0.2, 0.25) is 0 Å². The molecule has 1 aliphatic rings. The number of hydrogen-bond acceptors (Lipinski definition) is 4. The first-order valence-electron chi connectivity index (χ1n) is 4.49. The second kappa shape index (κ2) is 4.23. The predicted octanol–water partition coefficient (Wildman–Crippen LogP) is -0.344. The molecule has 1 rings (SSSR count). The first-order chi connectivity index (χ1) is 6.60. The molecular weight excluding hydrogens is 186 g/mol. The van der Waals surface area contributed by atoms with Gasteiger partial charge in [0.2, 0.25) is 6.29 Å². The van der Waals surface area contributed by atoms with Crippen LogP contribution in [-0.4, -0.2) is 41.3 Å². The lowest BCUT2D eigenvalue weighted by molar-refractivity contribution is -0.152. The average molecular weight is 199 g/mol. The SMILES string of the molecule is CCN(CC)C(=O)C1=CC(=O)OC1O. The summed E-state index contributed by atoms with van der Waals surface area (Å²) in [6.45, 7) is 4.72. The van der Waals surface area contributed by atoms with E-state index in [1.54, 1.807) is 0 Å². The number of carbonyl (C=O) groups is 2. The Hall–Kier alpha value is -1.36. The molecule has 5 nitrogen and oxygen atoms in total. The van der Waals surface area contributed by atoms with Crippen LogP contribution in [0.25, 0.3) is 0 Å². The number of hydrogen-bond donors (Lipinski definition) is 1. The van der Waals surface area contributed by atoms with Gasteiger partial charge in [0.1, 0.15) is 0 Å². The van der Waals surface area contributed by atoms with Gasteiger partial charge in [-0.3, -0.25) is 4.79 Å². The monoisotopic (exact) mass is 199 g/mol. The van der Waals surface area contributed by atoms with Crippen molar-refractivity contribution in [2.75, 3.05) is 13.1 Å². The van der Waals surface area contributed by atoms with Crippen molar-refractivity contribution in [1.82, 2.24) is 4.90 Å². The van der Waals surface area contributed by atoms with Crippen molar-refractivity contribution in [2.24, 2.45) is 0 Å². The van der Waals surface area contributed by atoms with Crippen molar-refractivity contribution in [1.29, 1.82) is 0 Å². The highest BCUT2D eigenvalue weighted by molar-refractivity contribution is 6.02. The number of likely N-dealkylation sites (N-methyl/N-ethyl adjacent to an activating group) is 1. The highest BCUT2D eigenvalue weighted by atomic mass is 16.6. The summed E-state index contributed by atoms with van der Waals surface area (Å²) in [5, 5.41) is 9.21. The number of aliphatic hydroxyl groups excluding tert-OH is 1. The second-order valence-corrected chi connectivity index (χ2v) is 2.87. The molecule has 0 aromatic rings. The van der Waals surface area contributed by atoms with E-state index in [0.29, 0.717) is 13.1 Å². The Kier molecular flexibility index (Phi) is 3.24. The van der Waals surface area contributed by atoms with Gasteiger partial charge in [0.15, 0.2) is 0 Å². The molecule has 14 heavy (non-hydrogen) atoms. The fourth-order valence-electron chi connectivity index (χ4n) is 1.27. The van der Waals surface area contributed by atoms with Gasteiger partial charge in [0.25, 0.3) is 5.91 Å². The first-order valence-corrected chi connectivity index (χ1v) is 4.49. The molecule has 0 saturated carbocycles. The largest absolute Gasteiger partial charge is 0.428 e. The van der Waals surface area contributed by atoms with Crippen molar-refractivity contribution in [2.45, 2.75) is 20.1 Å². The zero-order valence-corrected chi connectivity index (χ0v) is 8.19. The molecule has 0 bridgehead atoms. The summed E-state index contributed by atoms with van der Waals surface area (Å²) in [6.07, 6.45) is -0.374. The van der Waals surface area contributed by atoms with Gasteiger partial charge in [-0.25, -0.2) is 4.79 Å². The molecule has 1 amide bonds. The smallest absolute Gasteiger partial charge is 0.334 e. The summed E-state index contributed by atoms with van der Waals surface area (Å²) in [7, 11) is 0. The maximum atomic E-state index is 11.6. The highest BCUT2D eigenvalue weighted by Gasteiger charge is 2.31. The Morgan fingerprint density at radius 1 is 1.57 bits per heavy atom. The molecule has 0 aromatic carbocycles. The van der Waals surface area contributed by atoms with Crippen LogP contribution in [0.3, 0.4) is 0 Å². The van der Waals surface area contributed by atoms with E-state index >= 15 is 0 Å². The Balaban J connectivity index is 2.78. The van der Waals surface area contributed by atoms with Crippen LogP contribution in [0, 0.1) is 0 Å². The fraction of sp³-hybridized carbons (Fsp3) is 0.556. The molecule has 1 heterocycles. The van der Waals surface area contributed by atoms with Gasteiger partial charge in [-0.15, -0.1) is 0 Å². The van der Waals surface area contributed by atoms with Crippen molar-refractivity contribution in [3.05, 3.63) is 11.6 Å². The number of esters is 1. The molecular formula is C9H13NO4. The van der Waals surface area contributed by atoms with Crippen LogP contribution in [0.4, 0.5) is 0 Å². The van der Waals surface area contributed by atoms with Gasteiger partial charge in [-0.1, -0.05) is 0 Å². The number of carbonyl (C=O) groups excluding carboxylic acids is 2. The normalized spacial score (nSPS) is 20.4. The molecule has 1 aliphatic heterocycles. The molecule has 0 saturated heterocycles. The standard InChI is InChI=1S/C9H13NO4/c1-3-10(4-2)8(12)6-5-7(11)14-9(6)13/h5,9,13H,3-4H2,1-2H3. The highest BCUT2D eigenvalue weighted by Crippen LogP contribution is 2.15. The van der Waals surface area contributed by atoms with E-state index in [1.165, 1.54) is 4.90 Å². The summed E-state index contributed by atoms with van der Waals surface area (Å²) in [5.41, 5.74) is 0.0127. The summed E-state index contributed by atoms with van der Waals surface area (Å²) < 4.78 is 4.41. The van der Waals surface area contributed by atoms with Crippen molar-refractivity contribution >= 4 is 11.9 Å². The van der Waals surface area contributed by atoms with Crippen LogP contribution in [-0.2, 0) is 14.3 Å². The van der Waals surface area contributed by atoms with E-state index in [9.17, 15) is 14.7 Å². The average Bonchev–Trinajstić information content (AvgIpc) is 2.47. The molecule has 0 radical (unpaired) electrons. The van der Waals surface area contributed by atoms with E-state index < -0.39 is 12.3 Å². The maximum absolute atomic E-state index is 11.6. The summed E-state index contributed by atoms with van der Waals surface area (Å²) in [5.74, 6) is -1.03. The Morgan fingerprint density at radius 3 is 2.50 bits per heavy atom. The summed E-state index contributed by atoms with van der Waals surface area (Å²) in [6, 6.07) is 0. The third kappa shape index (κ3) is 1.93. The lowest BCUT2D eigenvalue weighted by Crippen LogP contribution is -2.34. The van der Waals surface area contributed by atoms with Crippen LogP contribution in [0.15, 0.2) is 11.6 Å². The van der Waals surface area contributed by atoms with E-state index in [1.807, 2.05) is 13.8 Å². The zero-order valence-electron chi connectivity index (χ0n) is 8.19. The molecule has 0 aromatic heterocycles. The topological polar surface area (TPSA) is 66.8 Å². The van der Waals surface area contributed by atoms with Crippen LogP contribution < -0.4 is 0 Å². The molecule has 78 valence electrons. The number of amides is 1. The zero-order chi connectivity index (χ0) is 10.7. The van der Waals surface area contributed by atoms with Gasteiger partial charge < -0.3 is 14.7 Å². The van der Waals surface area contributed by atoms with Crippen molar-refractivity contribution in [3.8, 4) is 0 Å². The van der Waals surface area contributed by atoms with Gasteiger partial charge in [-0.2, -0.15) is 0 Å². The number of nitrogens with zero attached hydrogens (tertiary/aromatic N) is 1. The molecule has 0 spiro atoms. The first kappa shape index (κ1) is 10.7. The lowest BCUT2D eigenvalue weighted by atomic mass is 10.2. The van der Waals surface area contributed by atoms with Crippen molar-refractivity contribution in [3.63, 3.8) is 0 Å². The maximum Gasteiger partial charge on any atom is 0.334 e. The molecule has 1 unspecified atom stereocenters. The molecule has 0 fully saturated rings. The molecule has 0 aliphatic carbocycles. The Morgan fingerprint density at radius 2 is 2.14 bits per heavy atom. The summed E-state index contributed by atoms with van der Waals surface area (Å²) in [4.78, 5) is 23.9. The van der Waals surface area contributed by atoms with E-state index in [2.05, 4.69) is 4.74 Å². The van der Waals surface area contributed by atoms with Crippen LogP contribution >= 0.6 is 0 Å². The van der Waals surface area contributed by atoms with Crippen LogP contribution in [0.1, 0.15) is 13.8 Å². The van der Waals surface area contributed by atoms with Crippen molar-refractivity contribution < 1.29 is 19.4 Å². The number of rotatable bonds is 3. The fourth-order valence-corrected chi connectivity index (χ4v) is 1.27. The third-order valence-corrected chi connectivity index (χ3v) is 2.06. The molecule has 1 atom stereocenters. The quantitative estimate of drug-likeness (QED) is 0.631. The number of ether oxygens (including phenoxy) is 1. The summed E-state index contributed by atoms with van der Waals surface area (Å²) >= 11 is 0.